The number of hydrogen-bond acceptors (Lipinski definition) is 4. The van der Waals surface area contributed by atoms with Crippen molar-refractivity contribution in [1.29, 1.82) is 0 Å². The van der Waals surface area contributed by atoms with Crippen molar-refractivity contribution in [2.45, 2.75) is 19.4 Å². The number of piperidine rings is 1. The molecule has 2 fully saturated rings. The molecule has 0 radical (unpaired) electrons. The summed E-state index contributed by atoms with van der Waals surface area (Å²) < 4.78 is 3.26. The van der Waals surface area contributed by atoms with Crippen LogP contribution in [0.1, 0.15) is 18.7 Å². The standard InChI is InChI=1S/C25H28BrN5O2/c26-20-6-3-7-21(15-20)31-23-9-2-1-8-22(23)27-24(31)17-29-10-4-5-19(16-29)25(33)30-13-11-28(18-32)12-14-30/h1-3,6-9,15,18-19H,4-5,10-14,16-17H2/t19-/m0/s1. The van der Waals surface area contributed by atoms with Crippen molar-refractivity contribution in [3.05, 3.63) is 58.8 Å². The van der Waals surface area contributed by atoms with E-state index in [-0.39, 0.29) is 11.8 Å². The molecule has 0 bridgehead atoms. The second kappa shape index (κ2) is 9.65. The number of fused-ring (bicyclic) bond motifs is 1. The van der Waals surface area contributed by atoms with Gasteiger partial charge in [0.15, 0.2) is 0 Å². The third kappa shape index (κ3) is 4.68. The van der Waals surface area contributed by atoms with Crippen molar-refractivity contribution in [2.24, 2.45) is 5.92 Å². The summed E-state index contributed by atoms with van der Waals surface area (Å²) in [4.78, 5) is 35.2. The molecule has 0 saturated carbocycles. The fraction of sp³-hybridized carbons (Fsp3) is 0.400. The van der Waals surface area contributed by atoms with Crippen molar-refractivity contribution in [2.75, 3.05) is 39.3 Å². The van der Waals surface area contributed by atoms with Gasteiger partial charge in [-0.15, -0.1) is 0 Å². The van der Waals surface area contributed by atoms with E-state index in [2.05, 4.69) is 49.7 Å². The fourth-order valence-corrected chi connectivity index (χ4v) is 5.38. The number of halogens is 1. The molecule has 3 heterocycles. The average molecular weight is 510 g/mol. The normalized spacial score (nSPS) is 19.7. The number of carbonyl (C=O) groups excluding carboxylic acids is 2. The summed E-state index contributed by atoms with van der Waals surface area (Å²) in [5.74, 6) is 1.22. The van der Waals surface area contributed by atoms with Gasteiger partial charge in [0.25, 0.3) is 0 Å². The number of rotatable bonds is 5. The van der Waals surface area contributed by atoms with Crippen LogP contribution in [-0.4, -0.2) is 75.8 Å². The number of imidazole rings is 1. The highest BCUT2D eigenvalue weighted by atomic mass is 79.9. The number of amides is 2. The van der Waals surface area contributed by atoms with Crippen LogP contribution in [0.4, 0.5) is 0 Å². The van der Waals surface area contributed by atoms with Crippen LogP contribution in [0, 0.1) is 5.92 Å². The first-order valence-electron chi connectivity index (χ1n) is 11.5. The fourth-order valence-electron chi connectivity index (χ4n) is 4.99. The van der Waals surface area contributed by atoms with Gasteiger partial charge in [-0.05, 0) is 49.7 Å². The van der Waals surface area contributed by atoms with Gasteiger partial charge in [0.1, 0.15) is 5.82 Å². The molecule has 0 aliphatic carbocycles. The van der Waals surface area contributed by atoms with E-state index in [1.54, 1.807) is 4.90 Å². The Morgan fingerprint density at radius 1 is 1.06 bits per heavy atom. The molecule has 7 nitrogen and oxygen atoms in total. The molecule has 2 aliphatic rings. The minimum absolute atomic E-state index is 0.00484. The topological polar surface area (TPSA) is 61.7 Å². The van der Waals surface area contributed by atoms with Crippen molar-refractivity contribution in [1.82, 2.24) is 24.3 Å². The molecule has 0 spiro atoms. The van der Waals surface area contributed by atoms with Gasteiger partial charge in [-0.2, -0.15) is 0 Å². The lowest BCUT2D eigenvalue weighted by Crippen LogP contribution is -2.52. The van der Waals surface area contributed by atoms with Gasteiger partial charge in [-0.25, -0.2) is 4.98 Å². The van der Waals surface area contributed by atoms with E-state index >= 15 is 0 Å². The van der Waals surface area contributed by atoms with Gasteiger partial charge < -0.3 is 9.80 Å². The van der Waals surface area contributed by atoms with Gasteiger partial charge in [-0.3, -0.25) is 19.1 Å². The Bertz CT molecular complexity index is 1150. The van der Waals surface area contributed by atoms with E-state index in [0.717, 1.165) is 59.4 Å². The average Bonchev–Trinajstić information content (AvgIpc) is 3.21. The molecule has 33 heavy (non-hydrogen) atoms. The molecule has 1 atom stereocenters. The third-order valence-electron chi connectivity index (χ3n) is 6.69. The second-order valence-corrected chi connectivity index (χ2v) is 9.79. The smallest absolute Gasteiger partial charge is 0.227 e. The first kappa shape index (κ1) is 22.1. The number of piperazine rings is 1. The minimum Gasteiger partial charge on any atom is -0.342 e. The summed E-state index contributed by atoms with van der Waals surface area (Å²) in [7, 11) is 0. The molecule has 1 aromatic heterocycles. The highest BCUT2D eigenvalue weighted by Gasteiger charge is 2.31. The van der Waals surface area contributed by atoms with Crippen LogP contribution in [-0.2, 0) is 16.1 Å². The molecule has 2 aromatic carbocycles. The highest BCUT2D eigenvalue weighted by molar-refractivity contribution is 9.10. The van der Waals surface area contributed by atoms with Gasteiger partial charge in [-0.1, -0.05) is 34.1 Å². The Kier molecular flexibility index (Phi) is 6.46. The Labute approximate surface area is 202 Å². The number of para-hydroxylation sites is 2. The molecule has 3 aromatic rings. The van der Waals surface area contributed by atoms with Gasteiger partial charge >= 0.3 is 0 Å². The maximum atomic E-state index is 13.2. The summed E-state index contributed by atoms with van der Waals surface area (Å²) >= 11 is 3.60. The van der Waals surface area contributed by atoms with Crippen molar-refractivity contribution in [3.8, 4) is 5.69 Å². The first-order valence-corrected chi connectivity index (χ1v) is 12.3. The molecular weight excluding hydrogens is 482 g/mol. The lowest BCUT2D eigenvalue weighted by molar-refractivity contribution is -0.140. The highest BCUT2D eigenvalue weighted by Crippen LogP contribution is 2.26. The molecule has 8 heteroatoms. The van der Waals surface area contributed by atoms with E-state index in [1.165, 1.54) is 0 Å². The summed E-state index contributed by atoms with van der Waals surface area (Å²) in [6.45, 7) is 4.92. The van der Waals surface area contributed by atoms with E-state index in [4.69, 9.17) is 4.98 Å². The lowest BCUT2D eigenvalue weighted by atomic mass is 9.96. The van der Waals surface area contributed by atoms with Crippen LogP contribution >= 0.6 is 15.9 Å². The second-order valence-electron chi connectivity index (χ2n) is 8.87. The minimum atomic E-state index is 0.00484. The lowest BCUT2D eigenvalue weighted by Gasteiger charge is -2.38. The molecule has 2 saturated heterocycles. The number of nitrogens with zero attached hydrogens (tertiary/aromatic N) is 5. The van der Waals surface area contributed by atoms with E-state index in [9.17, 15) is 9.59 Å². The zero-order valence-corrected chi connectivity index (χ0v) is 20.2. The zero-order valence-electron chi connectivity index (χ0n) is 18.6. The molecule has 2 amide bonds. The molecular formula is C25H28BrN5O2. The summed E-state index contributed by atoms with van der Waals surface area (Å²) in [6, 6.07) is 16.5. The number of benzene rings is 2. The van der Waals surface area contributed by atoms with Gasteiger partial charge in [0.05, 0.1) is 23.5 Å². The SMILES string of the molecule is O=CN1CCN(C(=O)[C@H]2CCCN(Cc3nc4ccccc4n3-c3cccc(Br)c3)C2)CC1. The zero-order chi connectivity index (χ0) is 22.8. The van der Waals surface area contributed by atoms with Gasteiger partial charge in [0, 0.05) is 42.9 Å². The van der Waals surface area contributed by atoms with Crippen LogP contribution in [0.2, 0.25) is 0 Å². The van der Waals surface area contributed by atoms with Crippen LogP contribution in [0.5, 0.6) is 0 Å². The first-order chi connectivity index (χ1) is 16.1. The molecule has 2 aliphatic heterocycles. The van der Waals surface area contributed by atoms with E-state index < -0.39 is 0 Å². The molecule has 0 N–H and O–H groups in total. The van der Waals surface area contributed by atoms with Crippen molar-refractivity contribution >= 4 is 39.3 Å². The van der Waals surface area contributed by atoms with E-state index in [0.29, 0.717) is 32.7 Å². The summed E-state index contributed by atoms with van der Waals surface area (Å²) in [6.07, 6.45) is 2.80. The predicted octanol–water partition coefficient (Wildman–Crippen LogP) is 3.30. The number of carbonyl (C=O) groups is 2. The third-order valence-corrected chi connectivity index (χ3v) is 7.18. The Morgan fingerprint density at radius 2 is 1.88 bits per heavy atom. The van der Waals surface area contributed by atoms with Crippen molar-refractivity contribution in [3.63, 3.8) is 0 Å². The Hall–Kier alpha value is -2.71. The maximum absolute atomic E-state index is 13.2. The summed E-state index contributed by atoms with van der Waals surface area (Å²) in [5.41, 5.74) is 3.14. The largest absolute Gasteiger partial charge is 0.342 e. The van der Waals surface area contributed by atoms with Crippen LogP contribution < -0.4 is 0 Å². The molecule has 172 valence electrons. The number of hydrogen-bond donors (Lipinski definition) is 0. The monoisotopic (exact) mass is 509 g/mol. The predicted molar refractivity (Wildman–Crippen MR) is 131 cm³/mol. The number of aromatic nitrogens is 2. The van der Waals surface area contributed by atoms with Crippen LogP contribution in [0.15, 0.2) is 53.0 Å². The quantitative estimate of drug-likeness (QED) is 0.495. The maximum Gasteiger partial charge on any atom is 0.227 e. The summed E-state index contributed by atoms with van der Waals surface area (Å²) in [5, 5.41) is 0. The van der Waals surface area contributed by atoms with Crippen LogP contribution in [0.25, 0.3) is 16.7 Å². The Balaban J connectivity index is 1.35. The van der Waals surface area contributed by atoms with Gasteiger partial charge in [0.2, 0.25) is 12.3 Å². The van der Waals surface area contributed by atoms with Crippen LogP contribution in [0.3, 0.4) is 0 Å². The molecule has 5 rings (SSSR count). The Morgan fingerprint density at radius 3 is 2.67 bits per heavy atom. The number of likely N-dealkylation sites (tertiary alicyclic amines) is 1. The van der Waals surface area contributed by atoms with E-state index in [1.807, 2.05) is 29.2 Å². The molecule has 0 unspecified atom stereocenters. The van der Waals surface area contributed by atoms with Crippen molar-refractivity contribution < 1.29 is 9.59 Å².